The zero-order valence-electron chi connectivity index (χ0n) is 12.3. The lowest BCUT2D eigenvalue weighted by atomic mass is 10.1. The number of nitrogens with two attached hydrogens (primary N) is 1. The summed E-state index contributed by atoms with van der Waals surface area (Å²) >= 11 is 4.77. The molecule has 0 spiro atoms. The lowest BCUT2D eigenvalue weighted by molar-refractivity contribution is 0.0995. The molecule has 24 heavy (non-hydrogen) atoms. The van der Waals surface area contributed by atoms with Gasteiger partial charge in [-0.3, -0.25) is 14.9 Å². The minimum absolute atomic E-state index is 0.291. The molecule has 7 heteroatoms. The van der Waals surface area contributed by atoms with Crippen molar-refractivity contribution in [3.63, 3.8) is 0 Å². The Labute approximate surface area is 150 Å². The predicted octanol–water partition coefficient (Wildman–Crippen LogP) is 3.92. The van der Waals surface area contributed by atoms with Crippen molar-refractivity contribution >= 4 is 44.2 Å². The maximum Gasteiger partial charge on any atom is 0.257 e. The van der Waals surface area contributed by atoms with Gasteiger partial charge in [-0.15, -0.1) is 11.3 Å². The number of hydrogen-bond donors (Lipinski definition) is 2. The number of aromatic nitrogens is 1. The molecule has 0 saturated carbocycles. The lowest BCUT2D eigenvalue weighted by Crippen LogP contribution is -2.14. The summed E-state index contributed by atoms with van der Waals surface area (Å²) < 4.78 is 0.966. The molecule has 120 valence electrons. The van der Waals surface area contributed by atoms with E-state index in [4.69, 9.17) is 5.73 Å². The van der Waals surface area contributed by atoms with Crippen molar-refractivity contribution in [3.8, 4) is 11.3 Å². The molecule has 0 aliphatic carbocycles. The average molecular weight is 402 g/mol. The number of nitrogens with one attached hydrogen (secondary N) is 1. The molecule has 3 rings (SSSR count). The van der Waals surface area contributed by atoms with Crippen LogP contribution in [0.3, 0.4) is 0 Å². The van der Waals surface area contributed by atoms with E-state index in [-0.39, 0.29) is 5.91 Å². The Bertz CT molecular complexity index is 906. The average Bonchev–Trinajstić information content (AvgIpc) is 3.03. The second-order valence-electron chi connectivity index (χ2n) is 4.94. The van der Waals surface area contributed by atoms with Crippen molar-refractivity contribution in [1.82, 2.24) is 4.98 Å². The van der Waals surface area contributed by atoms with Gasteiger partial charge in [0.25, 0.3) is 5.91 Å². The van der Waals surface area contributed by atoms with Crippen LogP contribution in [-0.4, -0.2) is 16.8 Å². The summed E-state index contributed by atoms with van der Waals surface area (Å²) in [4.78, 5) is 27.7. The maximum absolute atomic E-state index is 12.2. The fraction of sp³-hybridized carbons (Fsp3) is 0. The smallest absolute Gasteiger partial charge is 0.257 e. The van der Waals surface area contributed by atoms with Gasteiger partial charge in [0.05, 0.1) is 5.69 Å². The van der Waals surface area contributed by atoms with E-state index in [0.29, 0.717) is 16.3 Å². The summed E-state index contributed by atoms with van der Waals surface area (Å²) in [6.45, 7) is 0. The summed E-state index contributed by atoms with van der Waals surface area (Å²) in [6, 6.07) is 13.9. The van der Waals surface area contributed by atoms with Crippen molar-refractivity contribution in [2.24, 2.45) is 5.73 Å². The van der Waals surface area contributed by atoms with Gasteiger partial charge < -0.3 is 5.73 Å². The zero-order chi connectivity index (χ0) is 17.1. The van der Waals surface area contributed by atoms with Crippen LogP contribution in [0, 0.1) is 0 Å². The van der Waals surface area contributed by atoms with Crippen LogP contribution >= 0.6 is 27.3 Å². The Morgan fingerprint density at radius 1 is 1.08 bits per heavy atom. The summed E-state index contributed by atoms with van der Waals surface area (Å²) in [6.07, 6.45) is 0. The lowest BCUT2D eigenvalue weighted by Gasteiger charge is -2.02. The molecule has 2 aromatic carbocycles. The normalized spacial score (nSPS) is 10.4. The van der Waals surface area contributed by atoms with Crippen LogP contribution in [0.25, 0.3) is 11.3 Å². The van der Waals surface area contributed by atoms with Crippen LogP contribution in [0.5, 0.6) is 0 Å². The third-order valence-electron chi connectivity index (χ3n) is 3.28. The molecule has 0 fully saturated rings. The minimum Gasteiger partial charge on any atom is -0.366 e. The molecular formula is C17H12BrN3O2S. The third-order valence-corrected chi connectivity index (χ3v) is 4.53. The fourth-order valence-corrected chi connectivity index (χ4v) is 3.18. The highest BCUT2D eigenvalue weighted by Crippen LogP contribution is 2.27. The van der Waals surface area contributed by atoms with Crippen molar-refractivity contribution in [1.29, 1.82) is 0 Å². The molecule has 0 aliphatic heterocycles. The highest BCUT2D eigenvalue weighted by Gasteiger charge is 2.11. The van der Waals surface area contributed by atoms with Crippen molar-refractivity contribution in [3.05, 3.63) is 69.5 Å². The standard InChI is InChI=1S/C17H12BrN3O2S/c18-13-3-1-2-12(8-13)14-9-24-17(20-14)21-16(23)11-6-4-10(5-7-11)15(19)22/h1-9H,(H2,19,22)(H,20,21,23). The van der Waals surface area contributed by atoms with Crippen LogP contribution in [0.15, 0.2) is 58.4 Å². The van der Waals surface area contributed by atoms with Crippen LogP contribution in [0.1, 0.15) is 20.7 Å². The Morgan fingerprint density at radius 3 is 2.46 bits per heavy atom. The molecule has 0 saturated heterocycles. The van der Waals surface area contributed by atoms with Gasteiger partial charge in [-0.2, -0.15) is 0 Å². The number of carbonyl (C=O) groups excluding carboxylic acids is 2. The molecule has 0 bridgehead atoms. The number of carbonyl (C=O) groups is 2. The molecular weight excluding hydrogens is 390 g/mol. The second kappa shape index (κ2) is 6.94. The molecule has 3 aromatic rings. The zero-order valence-corrected chi connectivity index (χ0v) is 14.7. The van der Waals surface area contributed by atoms with Gasteiger partial charge in [-0.25, -0.2) is 4.98 Å². The van der Waals surface area contributed by atoms with Gasteiger partial charge in [0.15, 0.2) is 5.13 Å². The van der Waals surface area contributed by atoms with Gasteiger partial charge in [0.1, 0.15) is 0 Å². The highest BCUT2D eigenvalue weighted by molar-refractivity contribution is 9.10. The molecule has 3 N–H and O–H groups in total. The van der Waals surface area contributed by atoms with E-state index in [2.05, 4.69) is 26.2 Å². The Balaban J connectivity index is 1.74. The predicted molar refractivity (Wildman–Crippen MR) is 98.2 cm³/mol. The molecule has 2 amide bonds. The van der Waals surface area contributed by atoms with Crippen LogP contribution < -0.4 is 11.1 Å². The van der Waals surface area contributed by atoms with Crippen LogP contribution in [0.2, 0.25) is 0 Å². The summed E-state index contributed by atoms with van der Waals surface area (Å²) in [5.74, 6) is -0.818. The first kappa shape index (κ1) is 16.4. The number of rotatable bonds is 4. The van der Waals surface area contributed by atoms with E-state index in [1.165, 1.54) is 23.5 Å². The number of nitrogens with zero attached hydrogens (tertiary/aromatic N) is 1. The molecule has 0 atom stereocenters. The Morgan fingerprint density at radius 2 is 1.79 bits per heavy atom. The second-order valence-corrected chi connectivity index (χ2v) is 6.72. The monoisotopic (exact) mass is 401 g/mol. The molecule has 0 unspecified atom stereocenters. The number of hydrogen-bond acceptors (Lipinski definition) is 4. The number of halogens is 1. The molecule has 5 nitrogen and oxygen atoms in total. The van der Waals surface area contributed by atoms with Crippen molar-refractivity contribution < 1.29 is 9.59 Å². The SMILES string of the molecule is NC(=O)c1ccc(C(=O)Nc2nc(-c3cccc(Br)c3)cs2)cc1. The van der Waals surface area contributed by atoms with E-state index in [1.54, 1.807) is 12.1 Å². The fourth-order valence-electron chi connectivity index (χ4n) is 2.07. The third kappa shape index (κ3) is 3.69. The minimum atomic E-state index is -0.527. The van der Waals surface area contributed by atoms with E-state index in [1.807, 2.05) is 29.6 Å². The molecule has 0 radical (unpaired) electrons. The van der Waals surface area contributed by atoms with E-state index >= 15 is 0 Å². The van der Waals surface area contributed by atoms with Crippen molar-refractivity contribution in [2.75, 3.05) is 5.32 Å². The summed E-state index contributed by atoms with van der Waals surface area (Å²) in [5.41, 5.74) is 7.73. The first-order valence-electron chi connectivity index (χ1n) is 6.95. The van der Waals surface area contributed by atoms with E-state index in [9.17, 15) is 9.59 Å². The maximum atomic E-state index is 12.2. The Hall–Kier alpha value is -2.51. The van der Waals surface area contributed by atoms with E-state index in [0.717, 1.165) is 15.7 Å². The van der Waals surface area contributed by atoms with Gasteiger partial charge in [-0.05, 0) is 36.4 Å². The van der Waals surface area contributed by atoms with Gasteiger partial charge in [0, 0.05) is 26.5 Å². The Kier molecular flexibility index (Phi) is 4.73. The van der Waals surface area contributed by atoms with Crippen LogP contribution in [0.4, 0.5) is 5.13 Å². The number of amides is 2. The molecule has 1 heterocycles. The summed E-state index contributed by atoms with van der Waals surface area (Å²) in [5, 5.41) is 5.14. The number of benzene rings is 2. The summed E-state index contributed by atoms with van der Waals surface area (Å²) in [7, 11) is 0. The van der Waals surface area contributed by atoms with Gasteiger partial charge in [-0.1, -0.05) is 28.1 Å². The van der Waals surface area contributed by atoms with Gasteiger partial charge in [0.2, 0.25) is 5.91 Å². The van der Waals surface area contributed by atoms with Crippen molar-refractivity contribution in [2.45, 2.75) is 0 Å². The molecule has 0 aliphatic rings. The quantitative estimate of drug-likeness (QED) is 0.694. The topological polar surface area (TPSA) is 85.1 Å². The first-order chi connectivity index (χ1) is 11.5. The number of anilines is 1. The largest absolute Gasteiger partial charge is 0.366 e. The van der Waals surface area contributed by atoms with Gasteiger partial charge >= 0.3 is 0 Å². The number of primary amides is 1. The first-order valence-corrected chi connectivity index (χ1v) is 8.63. The van der Waals surface area contributed by atoms with E-state index < -0.39 is 5.91 Å². The number of thiazole rings is 1. The van der Waals surface area contributed by atoms with Crippen LogP contribution in [-0.2, 0) is 0 Å². The highest BCUT2D eigenvalue weighted by atomic mass is 79.9. The molecule has 1 aromatic heterocycles.